The summed E-state index contributed by atoms with van der Waals surface area (Å²) in [5.41, 5.74) is 0.258. The van der Waals surface area contributed by atoms with E-state index < -0.39 is 10.9 Å². The van der Waals surface area contributed by atoms with Crippen molar-refractivity contribution in [1.29, 1.82) is 0 Å². The minimum Gasteiger partial charge on any atom is -0.477 e. The Bertz CT molecular complexity index is 702. The number of nitro benzene ring substituents is 1. The SMILES string of the molecule is Cc1nc(Sc2ccc(Cl)cc2[N+](=O)[O-])sc1C(=O)O. The summed E-state index contributed by atoms with van der Waals surface area (Å²) in [6.45, 7) is 1.58. The van der Waals surface area contributed by atoms with Crippen LogP contribution in [-0.4, -0.2) is 21.0 Å². The van der Waals surface area contributed by atoms with Crippen molar-refractivity contribution in [3.8, 4) is 0 Å². The lowest BCUT2D eigenvalue weighted by atomic mass is 10.3. The van der Waals surface area contributed by atoms with Crippen LogP contribution in [0.4, 0.5) is 5.69 Å². The van der Waals surface area contributed by atoms with Crippen LogP contribution in [-0.2, 0) is 0 Å². The number of thiazole rings is 1. The van der Waals surface area contributed by atoms with Crippen molar-refractivity contribution >= 4 is 46.4 Å². The second-order valence-electron chi connectivity index (χ2n) is 3.67. The van der Waals surface area contributed by atoms with Crippen LogP contribution in [0.5, 0.6) is 0 Å². The molecule has 0 atom stereocenters. The normalized spacial score (nSPS) is 10.5. The number of carbonyl (C=O) groups is 1. The molecule has 0 spiro atoms. The lowest BCUT2D eigenvalue weighted by Gasteiger charge is -2.00. The highest BCUT2D eigenvalue weighted by Crippen LogP contribution is 2.38. The molecule has 1 aromatic carbocycles. The van der Waals surface area contributed by atoms with Gasteiger partial charge in [-0.15, -0.1) is 11.3 Å². The maximum absolute atomic E-state index is 11.0. The number of carboxylic acids is 1. The largest absolute Gasteiger partial charge is 0.477 e. The first kappa shape index (κ1) is 14.8. The molecular weight excluding hydrogens is 324 g/mol. The Labute approximate surface area is 126 Å². The van der Waals surface area contributed by atoms with Crippen LogP contribution in [0.15, 0.2) is 27.4 Å². The number of aryl methyl sites for hydroxylation is 1. The molecule has 1 aromatic heterocycles. The topological polar surface area (TPSA) is 93.3 Å². The van der Waals surface area contributed by atoms with Gasteiger partial charge >= 0.3 is 5.97 Å². The zero-order chi connectivity index (χ0) is 14.9. The summed E-state index contributed by atoms with van der Waals surface area (Å²) in [4.78, 5) is 26.0. The number of carboxylic acid groups (broad SMARTS) is 1. The molecule has 9 heteroatoms. The Morgan fingerprint density at radius 3 is 2.80 bits per heavy atom. The Kier molecular flexibility index (Phi) is 4.26. The molecule has 0 aliphatic carbocycles. The van der Waals surface area contributed by atoms with E-state index in [9.17, 15) is 14.9 Å². The quantitative estimate of drug-likeness (QED) is 0.675. The highest BCUT2D eigenvalue weighted by atomic mass is 35.5. The van der Waals surface area contributed by atoms with Crippen LogP contribution in [0, 0.1) is 17.0 Å². The standard InChI is InChI=1S/C11H7ClN2O4S2/c1-5-9(10(15)16)20-11(13-5)19-8-3-2-6(12)4-7(8)14(17)18/h2-4H,1H3,(H,15,16). The van der Waals surface area contributed by atoms with E-state index in [4.69, 9.17) is 16.7 Å². The van der Waals surface area contributed by atoms with Crippen LogP contribution in [0.25, 0.3) is 0 Å². The van der Waals surface area contributed by atoms with E-state index in [1.807, 2.05) is 0 Å². The number of hydrogen-bond donors (Lipinski definition) is 1. The van der Waals surface area contributed by atoms with Gasteiger partial charge in [0.1, 0.15) is 4.88 Å². The maximum Gasteiger partial charge on any atom is 0.347 e. The van der Waals surface area contributed by atoms with Gasteiger partial charge in [-0.25, -0.2) is 9.78 Å². The van der Waals surface area contributed by atoms with Gasteiger partial charge in [0, 0.05) is 11.1 Å². The van der Waals surface area contributed by atoms with Crippen molar-refractivity contribution in [3.63, 3.8) is 0 Å². The lowest BCUT2D eigenvalue weighted by molar-refractivity contribution is -0.387. The van der Waals surface area contributed by atoms with E-state index >= 15 is 0 Å². The molecule has 104 valence electrons. The number of rotatable bonds is 4. The second kappa shape index (κ2) is 5.78. The average Bonchev–Trinajstić information content (AvgIpc) is 2.72. The van der Waals surface area contributed by atoms with Crippen molar-refractivity contribution in [2.24, 2.45) is 0 Å². The molecule has 0 fully saturated rings. The van der Waals surface area contributed by atoms with Gasteiger partial charge in [-0.05, 0) is 19.1 Å². The average molecular weight is 331 g/mol. The molecule has 0 aliphatic heterocycles. The monoisotopic (exact) mass is 330 g/mol. The molecule has 1 N–H and O–H groups in total. The van der Waals surface area contributed by atoms with Gasteiger partial charge in [0.2, 0.25) is 0 Å². The molecule has 0 saturated heterocycles. The summed E-state index contributed by atoms with van der Waals surface area (Å²) in [5.74, 6) is -1.06. The van der Waals surface area contributed by atoms with Gasteiger partial charge in [-0.3, -0.25) is 10.1 Å². The van der Waals surface area contributed by atoms with Crippen LogP contribution in [0.1, 0.15) is 15.4 Å². The first-order chi connectivity index (χ1) is 9.38. The van der Waals surface area contributed by atoms with Crippen LogP contribution in [0.2, 0.25) is 5.02 Å². The van der Waals surface area contributed by atoms with E-state index in [1.54, 1.807) is 6.92 Å². The minimum absolute atomic E-state index is 0.129. The molecule has 6 nitrogen and oxygen atoms in total. The predicted octanol–water partition coefficient (Wildman–Crippen LogP) is 3.86. The van der Waals surface area contributed by atoms with Crippen molar-refractivity contribution in [2.75, 3.05) is 0 Å². The number of hydrogen-bond acceptors (Lipinski definition) is 6. The van der Waals surface area contributed by atoms with Gasteiger partial charge in [0.15, 0.2) is 4.34 Å². The molecule has 0 bridgehead atoms. The van der Waals surface area contributed by atoms with E-state index in [-0.39, 0.29) is 15.6 Å². The van der Waals surface area contributed by atoms with Gasteiger partial charge in [0.25, 0.3) is 5.69 Å². The first-order valence-corrected chi connectivity index (χ1v) is 7.22. The third-order valence-corrected chi connectivity index (χ3v) is 4.79. The molecule has 2 aromatic rings. The molecule has 0 aliphatic rings. The van der Waals surface area contributed by atoms with Crippen molar-refractivity contribution < 1.29 is 14.8 Å². The van der Waals surface area contributed by atoms with Gasteiger partial charge in [-0.1, -0.05) is 23.4 Å². The second-order valence-corrected chi connectivity index (χ2v) is 6.40. The summed E-state index contributed by atoms with van der Waals surface area (Å²) in [6.07, 6.45) is 0. The van der Waals surface area contributed by atoms with E-state index in [0.29, 0.717) is 14.9 Å². The molecule has 0 saturated carbocycles. The Morgan fingerprint density at radius 2 is 2.25 bits per heavy atom. The maximum atomic E-state index is 11.0. The Morgan fingerprint density at radius 1 is 1.55 bits per heavy atom. The predicted molar refractivity (Wildman–Crippen MR) is 76.0 cm³/mol. The van der Waals surface area contributed by atoms with Crippen molar-refractivity contribution in [1.82, 2.24) is 4.98 Å². The minimum atomic E-state index is -1.06. The number of nitrogens with zero attached hydrogens (tertiary/aromatic N) is 2. The van der Waals surface area contributed by atoms with E-state index in [2.05, 4.69) is 4.98 Å². The zero-order valence-corrected chi connectivity index (χ0v) is 12.4. The van der Waals surface area contributed by atoms with Crippen LogP contribution < -0.4 is 0 Å². The van der Waals surface area contributed by atoms with Crippen molar-refractivity contribution in [3.05, 3.63) is 43.9 Å². The van der Waals surface area contributed by atoms with Gasteiger partial charge in [0.05, 0.1) is 15.5 Å². The highest BCUT2D eigenvalue weighted by molar-refractivity contribution is 8.01. The Hall–Kier alpha value is -1.64. The smallest absolute Gasteiger partial charge is 0.347 e. The van der Waals surface area contributed by atoms with E-state index in [1.165, 1.54) is 18.2 Å². The molecule has 1 heterocycles. The number of halogens is 1. The molecular formula is C11H7ClN2O4S2. The molecule has 0 radical (unpaired) electrons. The highest BCUT2D eigenvalue weighted by Gasteiger charge is 2.19. The summed E-state index contributed by atoms with van der Waals surface area (Å²) >= 11 is 7.76. The molecule has 2 rings (SSSR count). The fourth-order valence-electron chi connectivity index (χ4n) is 1.43. The number of aromatic nitrogens is 1. The molecule has 20 heavy (non-hydrogen) atoms. The summed E-state index contributed by atoms with van der Waals surface area (Å²) in [6, 6.07) is 4.31. The summed E-state index contributed by atoms with van der Waals surface area (Å²) < 4.78 is 0.435. The third kappa shape index (κ3) is 3.09. The number of aromatic carboxylic acids is 1. The number of benzene rings is 1. The number of nitro groups is 1. The first-order valence-electron chi connectivity index (χ1n) is 5.21. The summed E-state index contributed by atoms with van der Waals surface area (Å²) in [5, 5.41) is 20.2. The van der Waals surface area contributed by atoms with Crippen LogP contribution in [0.3, 0.4) is 0 Å². The summed E-state index contributed by atoms with van der Waals surface area (Å²) in [7, 11) is 0. The fraction of sp³-hybridized carbons (Fsp3) is 0.0909. The lowest BCUT2D eigenvalue weighted by Crippen LogP contribution is -1.94. The fourth-order valence-corrected chi connectivity index (χ4v) is 3.66. The Balaban J connectivity index is 2.37. The van der Waals surface area contributed by atoms with Gasteiger partial charge < -0.3 is 5.11 Å². The van der Waals surface area contributed by atoms with E-state index in [0.717, 1.165) is 23.1 Å². The van der Waals surface area contributed by atoms with Crippen LogP contribution >= 0.6 is 34.7 Å². The molecule has 0 unspecified atom stereocenters. The van der Waals surface area contributed by atoms with Crippen molar-refractivity contribution in [2.45, 2.75) is 16.2 Å². The van der Waals surface area contributed by atoms with Gasteiger partial charge in [-0.2, -0.15) is 0 Å². The molecule has 0 amide bonds. The zero-order valence-electron chi connectivity index (χ0n) is 9.99. The third-order valence-electron chi connectivity index (χ3n) is 2.29.